The number of alkyl halides is 3. The van der Waals surface area contributed by atoms with Crippen LogP contribution in [0.2, 0.25) is 5.02 Å². The van der Waals surface area contributed by atoms with Crippen LogP contribution >= 0.6 is 27.5 Å². The third kappa shape index (κ3) is 3.95. The maximum atomic E-state index is 13.3. The predicted molar refractivity (Wildman–Crippen MR) is 110 cm³/mol. The Hall–Kier alpha value is -2.58. The van der Waals surface area contributed by atoms with Gasteiger partial charge < -0.3 is 5.32 Å². The summed E-state index contributed by atoms with van der Waals surface area (Å²) in [7, 11) is 0. The number of fused-ring (bicyclic) bond motifs is 1. The molecule has 0 saturated heterocycles. The lowest BCUT2D eigenvalue weighted by Gasteiger charge is -2.15. The molecule has 0 spiro atoms. The normalized spacial score (nSPS) is 11.8. The van der Waals surface area contributed by atoms with Gasteiger partial charge in [0.05, 0.1) is 21.9 Å². The number of aromatic nitrogens is 3. The van der Waals surface area contributed by atoms with Gasteiger partial charge in [0.2, 0.25) is 0 Å². The Morgan fingerprint density at radius 1 is 1.07 bits per heavy atom. The highest BCUT2D eigenvalue weighted by molar-refractivity contribution is 9.10. The molecule has 148 valence electrons. The minimum Gasteiger partial charge on any atom is -0.366 e. The number of nitrogens with zero attached hydrogens (tertiary/aromatic N) is 3. The summed E-state index contributed by atoms with van der Waals surface area (Å²) in [5.74, 6) is 0.493. The molecule has 4 rings (SSSR count). The van der Waals surface area contributed by atoms with E-state index in [1.54, 1.807) is 24.4 Å². The van der Waals surface area contributed by atoms with E-state index in [0.717, 1.165) is 6.07 Å². The summed E-state index contributed by atoms with van der Waals surface area (Å²) in [5.41, 5.74) is 1.27. The number of anilines is 1. The van der Waals surface area contributed by atoms with E-state index in [2.05, 4.69) is 31.3 Å². The van der Waals surface area contributed by atoms with Crippen molar-refractivity contribution < 1.29 is 13.2 Å². The molecule has 4 aromatic rings. The van der Waals surface area contributed by atoms with Crippen LogP contribution in [-0.4, -0.2) is 14.6 Å². The van der Waals surface area contributed by atoms with Crippen molar-refractivity contribution in [3.8, 4) is 11.3 Å². The number of rotatable bonds is 4. The zero-order valence-corrected chi connectivity index (χ0v) is 17.1. The third-order valence-corrected chi connectivity index (χ3v) is 5.25. The minimum absolute atomic E-state index is 0.0335. The molecule has 0 aliphatic carbocycles. The molecule has 0 aliphatic heterocycles. The van der Waals surface area contributed by atoms with Crippen molar-refractivity contribution in [2.24, 2.45) is 0 Å². The maximum Gasteiger partial charge on any atom is 0.416 e. The Labute approximate surface area is 177 Å². The molecule has 2 heterocycles. The molecule has 2 aromatic heterocycles. The van der Waals surface area contributed by atoms with Gasteiger partial charge in [0.25, 0.3) is 0 Å². The Bertz CT molecular complexity index is 1190. The van der Waals surface area contributed by atoms with Crippen molar-refractivity contribution in [2.75, 3.05) is 5.32 Å². The summed E-state index contributed by atoms with van der Waals surface area (Å²) in [6.07, 6.45) is -2.85. The lowest BCUT2D eigenvalue weighted by Crippen LogP contribution is -2.13. The molecule has 0 fully saturated rings. The smallest absolute Gasteiger partial charge is 0.366 e. The van der Waals surface area contributed by atoms with Gasteiger partial charge in [-0.05, 0) is 33.6 Å². The van der Waals surface area contributed by atoms with Gasteiger partial charge >= 0.3 is 6.18 Å². The second kappa shape index (κ2) is 7.68. The van der Waals surface area contributed by atoms with Gasteiger partial charge in [0, 0.05) is 23.2 Å². The molecule has 0 aliphatic rings. The van der Waals surface area contributed by atoms with Gasteiger partial charge in [-0.15, -0.1) is 0 Å². The van der Waals surface area contributed by atoms with Gasteiger partial charge in [-0.1, -0.05) is 48.0 Å². The average Bonchev–Trinajstić information content (AvgIpc) is 3.07. The van der Waals surface area contributed by atoms with Crippen LogP contribution < -0.4 is 5.32 Å². The average molecular weight is 482 g/mol. The molecule has 0 amide bonds. The van der Waals surface area contributed by atoms with E-state index in [4.69, 9.17) is 11.6 Å². The van der Waals surface area contributed by atoms with Crippen LogP contribution in [-0.2, 0) is 12.7 Å². The molecule has 1 N–H and O–H groups in total. The van der Waals surface area contributed by atoms with E-state index in [-0.39, 0.29) is 12.1 Å². The minimum atomic E-state index is -4.43. The van der Waals surface area contributed by atoms with Crippen molar-refractivity contribution in [3.05, 3.63) is 81.4 Å². The number of benzene rings is 2. The fraction of sp³-hybridized carbons (Fsp3) is 0.100. The molecule has 29 heavy (non-hydrogen) atoms. The molecule has 0 radical (unpaired) electrons. The fourth-order valence-corrected chi connectivity index (χ4v) is 3.59. The molecule has 0 saturated carbocycles. The van der Waals surface area contributed by atoms with E-state index < -0.39 is 11.7 Å². The van der Waals surface area contributed by atoms with Crippen molar-refractivity contribution in [2.45, 2.75) is 12.7 Å². The second-order valence-corrected chi connectivity index (χ2v) is 7.50. The van der Waals surface area contributed by atoms with Gasteiger partial charge in [0.1, 0.15) is 5.82 Å². The summed E-state index contributed by atoms with van der Waals surface area (Å²) in [5, 5.41) is 7.83. The fourth-order valence-electron chi connectivity index (χ4n) is 3.01. The molecule has 9 heteroatoms. The van der Waals surface area contributed by atoms with Crippen LogP contribution in [0.5, 0.6) is 0 Å². The summed E-state index contributed by atoms with van der Waals surface area (Å²) >= 11 is 9.71. The molecule has 0 atom stereocenters. The van der Waals surface area contributed by atoms with Gasteiger partial charge in [-0.25, -0.2) is 4.98 Å². The Kier molecular flexibility index (Phi) is 5.23. The zero-order valence-electron chi connectivity index (χ0n) is 14.7. The van der Waals surface area contributed by atoms with Crippen molar-refractivity contribution in [3.63, 3.8) is 0 Å². The van der Waals surface area contributed by atoms with E-state index in [9.17, 15) is 13.2 Å². The number of hydrogen-bond acceptors (Lipinski definition) is 3. The second-order valence-electron chi connectivity index (χ2n) is 6.24. The molecule has 0 unspecified atom stereocenters. The summed E-state index contributed by atoms with van der Waals surface area (Å²) < 4.78 is 42.0. The first kappa shape index (κ1) is 19.7. The molecule has 4 nitrogen and oxygen atoms in total. The Morgan fingerprint density at radius 3 is 2.55 bits per heavy atom. The van der Waals surface area contributed by atoms with E-state index in [1.165, 1.54) is 16.6 Å². The van der Waals surface area contributed by atoms with Crippen molar-refractivity contribution in [1.29, 1.82) is 0 Å². The highest BCUT2D eigenvalue weighted by Crippen LogP contribution is 2.33. The van der Waals surface area contributed by atoms with Crippen molar-refractivity contribution in [1.82, 2.24) is 14.6 Å². The molecule has 2 aromatic carbocycles. The van der Waals surface area contributed by atoms with Crippen LogP contribution in [0.25, 0.3) is 16.9 Å². The maximum absolute atomic E-state index is 13.3. The molecular weight excluding hydrogens is 469 g/mol. The quantitative estimate of drug-likeness (QED) is 0.365. The predicted octanol–water partition coefficient (Wildman–Crippen LogP) is 6.44. The lowest BCUT2D eigenvalue weighted by molar-refractivity contribution is -0.138. The summed E-state index contributed by atoms with van der Waals surface area (Å²) in [6, 6.07) is 14.4. The number of nitrogens with one attached hydrogen (secondary N) is 1. The first-order valence-electron chi connectivity index (χ1n) is 8.53. The SMILES string of the molecule is FC(F)(F)c1ccccc1CNc1cc(-c2ccccc2Cl)nc2c(Br)cnn12. The van der Waals surface area contributed by atoms with Crippen LogP contribution in [0.3, 0.4) is 0 Å². The Balaban J connectivity index is 1.76. The zero-order chi connectivity index (χ0) is 20.6. The largest absolute Gasteiger partial charge is 0.416 e. The van der Waals surface area contributed by atoms with Gasteiger partial charge in [-0.3, -0.25) is 0 Å². The molecular formula is C20H13BrClF3N4. The van der Waals surface area contributed by atoms with E-state index >= 15 is 0 Å². The van der Waals surface area contributed by atoms with Crippen LogP contribution in [0.15, 0.2) is 65.3 Å². The van der Waals surface area contributed by atoms with Crippen LogP contribution in [0.4, 0.5) is 19.0 Å². The van der Waals surface area contributed by atoms with E-state index in [1.807, 2.05) is 18.2 Å². The number of halogens is 5. The van der Waals surface area contributed by atoms with Gasteiger partial charge in [0.15, 0.2) is 5.65 Å². The number of hydrogen-bond donors (Lipinski definition) is 1. The van der Waals surface area contributed by atoms with E-state index in [0.29, 0.717) is 32.2 Å². The first-order chi connectivity index (χ1) is 13.8. The standard InChI is InChI=1S/C20H13BrClF3N4/c21-15-11-27-29-18(26-10-12-5-1-3-7-14(12)20(23,24)25)9-17(28-19(15)29)13-6-2-4-8-16(13)22/h1-9,11,26H,10H2. The lowest BCUT2D eigenvalue weighted by atomic mass is 10.1. The molecule has 0 bridgehead atoms. The Morgan fingerprint density at radius 2 is 1.79 bits per heavy atom. The van der Waals surface area contributed by atoms with Gasteiger partial charge in [-0.2, -0.15) is 22.8 Å². The summed E-state index contributed by atoms with van der Waals surface area (Å²) in [4.78, 5) is 4.59. The summed E-state index contributed by atoms with van der Waals surface area (Å²) in [6.45, 7) is -0.0335. The third-order valence-electron chi connectivity index (χ3n) is 4.36. The van der Waals surface area contributed by atoms with Crippen LogP contribution in [0, 0.1) is 0 Å². The topological polar surface area (TPSA) is 42.2 Å². The van der Waals surface area contributed by atoms with Crippen LogP contribution in [0.1, 0.15) is 11.1 Å². The highest BCUT2D eigenvalue weighted by atomic mass is 79.9. The first-order valence-corrected chi connectivity index (χ1v) is 9.70. The van der Waals surface area contributed by atoms with Crippen molar-refractivity contribution >= 4 is 39.0 Å². The monoisotopic (exact) mass is 480 g/mol. The highest BCUT2D eigenvalue weighted by Gasteiger charge is 2.32.